The Kier molecular flexibility index (Phi) is 5.22. The van der Waals surface area contributed by atoms with Gasteiger partial charge >= 0.3 is 0 Å². The molecule has 1 fully saturated rings. The van der Waals surface area contributed by atoms with Crippen LogP contribution in [0.2, 0.25) is 0 Å². The zero-order chi connectivity index (χ0) is 14.0. The highest BCUT2D eigenvalue weighted by molar-refractivity contribution is 4.99. The van der Waals surface area contributed by atoms with Crippen molar-refractivity contribution in [2.45, 2.75) is 64.7 Å². The van der Waals surface area contributed by atoms with Crippen LogP contribution in [-0.2, 0) is 9.47 Å². The molecule has 1 rings (SSSR count). The molecule has 0 spiro atoms. The highest BCUT2D eigenvalue weighted by Gasteiger charge is 2.48. The molecule has 0 aliphatic carbocycles. The number of nitrogens with one attached hydrogen (secondary N) is 1. The molecule has 1 aliphatic heterocycles. The van der Waals surface area contributed by atoms with Crippen LogP contribution in [0, 0.1) is 11.8 Å². The third kappa shape index (κ3) is 3.94. The average molecular weight is 257 g/mol. The Bertz CT molecular complexity index is 263. The Hall–Kier alpha value is -0.120. The standard InChI is InChI=1S/C15H31NO2/c1-11(10-17-7)8-13(16-6)12-9-14(2,3)18-15(12,4)5/h11-13,16H,8-10H2,1-7H3. The molecular weight excluding hydrogens is 226 g/mol. The SMILES string of the molecule is CNC(CC(C)COC)C1CC(C)(C)OC1(C)C. The second-order valence-corrected chi connectivity index (χ2v) is 6.97. The molecule has 0 radical (unpaired) electrons. The number of hydrogen-bond acceptors (Lipinski definition) is 3. The van der Waals surface area contributed by atoms with E-state index in [4.69, 9.17) is 9.47 Å². The molecule has 1 aliphatic rings. The molecular formula is C15H31NO2. The number of ether oxygens (including phenoxy) is 2. The summed E-state index contributed by atoms with van der Waals surface area (Å²) < 4.78 is 11.4. The second-order valence-electron chi connectivity index (χ2n) is 6.97. The summed E-state index contributed by atoms with van der Waals surface area (Å²) in [6.45, 7) is 11.9. The Morgan fingerprint density at radius 3 is 2.33 bits per heavy atom. The first-order chi connectivity index (χ1) is 8.22. The van der Waals surface area contributed by atoms with Gasteiger partial charge in [-0.15, -0.1) is 0 Å². The number of hydrogen-bond donors (Lipinski definition) is 1. The Morgan fingerprint density at radius 1 is 1.33 bits per heavy atom. The van der Waals surface area contributed by atoms with Gasteiger partial charge in [-0.25, -0.2) is 0 Å². The van der Waals surface area contributed by atoms with Crippen LogP contribution in [0.15, 0.2) is 0 Å². The minimum Gasteiger partial charge on any atom is -0.384 e. The van der Waals surface area contributed by atoms with E-state index < -0.39 is 0 Å². The van der Waals surface area contributed by atoms with E-state index in [-0.39, 0.29) is 11.2 Å². The topological polar surface area (TPSA) is 30.5 Å². The highest BCUT2D eigenvalue weighted by Crippen LogP contribution is 2.44. The van der Waals surface area contributed by atoms with E-state index in [1.807, 2.05) is 0 Å². The van der Waals surface area contributed by atoms with Crippen molar-refractivity contribution in [2.75, 3.05) is 20.8 Å². The van der Waals surface area contributed by atoms with Crippen LogP contribution in [0.25, 0.3) is 0 Å². The smallest absolute Gasteiger partial charge is 0.0677 e. The summed E-state index contributed by atoms with van der Waals surface area (Å²) in [5.74, 6) is 1.13. The molecule has 3 atom stereocenters. The molecule has 0 aromatic rings. The van der Waals surface area contributed by atoms with Crippen LogP contribution in [0.4, 0.5) is 0 Å². The fourth-order valence-corrected chi connectivity index (χ4v) is 3.50. The minimum atomic E-state index is -0.0516. The van der Waals surface area contributed by atoms with Crippen molar-refractivity contribution >= 4 is 0 Å². The van der Waals surface area contributed by atoms with Crippen LogP contribution < -0.4 is 5.32 Å². The fraction of sp³-hybridized carbons (Fsp3) is 1.00. The summed E-state index contributed by atoms with van der Waals surface area (Å²) >= 11 is 0. The van der Waals surface area contributed by atoms with Crippen molar-refractivity contribution < 1.29 is 9.47 Å². The van der Waals surface area contributed by atoms with Gasteiger partial charge in [0.2, 0.25) is 0 Å². The quantitative estimate of drug-likeness (QED) is 0.793. The summed E-state index contributed by atoms with van der Waals surface area (Å²) in [6, 6.07) is 0.493. The summed E-state index contributed by atoms with van der Waals surface area (Å²) in [6.07, 6.45) is 2.25. The van der Waals surface area contributed by atoms with Crippen molar-refractivity contribution in [3.63, 3.8) is 0 Å². The highest BCUT2D eigenvalue weighted by atomic mass is 16.5. The molecule has 1 heterocycles. The van der Waals surface area contributed by atoms with Gasteiger partial charge in [0.25, 0.3) is 0 Å². The predicted molar refractivity (Wildman–Crippen MR) is 75.9 cm³/mol. The Labute approximate surface area is 113 Å². The number of methoxy groups -OCH3 is 1. The zero-order valence-electron chi connectivity index (χ0n) is 13.2. The summed E-state index contributed by atoms with van der Waals surface area (Å²) in [5.41, 5.74) is -0.0578. The summed E-state index contributed by atoms with van der Waals surface area (Å²) in [7, 11) is 3.84. The van der Waals surface area contributed by atoms with Gasteiger partial charge in [-0.1, -0.05) is 6.92 Å². The lowest BCUT2D eigenvalue weighted by Gasteiger charge is -2.34. The Morgan fingerprint density at radius 2 is 1.94 bits per heavy atom. The first-order valence-corrected chi connectivity index (χ1v) is 7.08. The summed E-state index contributed by atoms with van der Waals surface area (Å²) in [5, 5.41) is 3.49. The van der Waals surface area contributed by atoms with Gasteiger partial charge in [0, 0.05) is 25.7 Å². The van der Waals surface area contributed by atoms with Crippen molar-refractivity contribution in [1.82, 2.24) is 5.32 Å². The lowest BCUT2D eigenvalue weighted by atomic mass is 9.78. The van der Waals surface area contributed by atoms with E-state index in [1.54, 1.807) is 7.11 Å². The van der Waals surface area contributed by atoms with E-state index in [2.05, 4.69) is 47.0 Å². The van der Waals surface area contributed by atoms with E-state index in [0.29, 0.717) is 17.9 Å². The molecule has 0 bridgehead atoms. The van der Waals surface area contributed by atoms with Crippen LogP contribution in [-0.4, -0.2) is 38.0 Å². The van der Waals surface area contributed by atoms with E-state index >= 15 is 0 Å². The molecule has 3 unspecified atom stereocenters. The molecule has 108 valence electrons. The van der Waals surface area contributed by atoms with Gasteiger partial charge in [-0.3, -0.25) is 0 Å². The average Bonchev–Trinajstić information content (AvgIpc) is 2.43. The van der Waals surface area contributed by atoms with E-state index in [1.165, 1.54) is 0 Å². The molecule has 1 N–H and O–H groups in total. The van der Waals surface area contributed by atoms with Gasteiger partial charge in [0.15, 0.2) is 0 Å². The molecule has 0 saturated carbocycles. The molecule has 0 aromatic carbocycles. The largest absolute Gasteiger partial charge is 0.384 e. The maximum absolute atomic E-state index is 6.20. The Balaban J connectivity index is 2.70. The normalized spacial score (nSPS) is 29.2. The monoisotopic (exact) mass is 257 g/mol. The van der Waals surface area contributed by atoms with E-state index in [0.717, 1.165) is 19.4 Å². The van der Waals surface area contributed by atoms with Crippen LogP contribution >= 0.6 is 0 Å². The maximum atomic E-state index is 6.20. The van der Waals surface area contributed by atoms with Crippen molar-refractivity contribution in [2.24, 2.45) is 11.8 Å². The van der Waals surface area contributed by atoms with Crippen molar-refractivity contribution in [3.8, 4) is 0 Å². The van der Waals surface area contributed by atoms with Crippen LogP contribution in [0.1, 0.15) is 47.5 Å². The lowest BCUT2D eigenvalue weighted by Crippen LogP contribution is -2.44. The van der Waals surface area contributed by atoms with Crippen LogP contribution in [0.3, 0.4) is 0 Å². The summed E-state index contributed by atoms with van der Waals surface area (Å²) in [4.78, 5) is 0. The number of rotatable bonds is 6. The van der Waals surface area contributed by atoms with Gasteiger partial charge < -0.3 is 14.8 Å². The van der Waals surface area contributed by atoms with Crippen LogP contribution in [0.5, 0.6) is 0 Å². The third-order valence-corrected chi connectivity index (χ3v) is 4.11. The third-order valence-electron chi connectivity index (χ3n) is 4.11. The second kappa shape index (κ2) is 5.89. The van der Waals surface area contributed by atoms with Crippen molar-refractivity contribution in [1.29, 1.82) is 0 Å². The maximum Gasteiger partial charge on any atom is 0.0677 e. The lowest BCUT2D eigenvalue weighted by molar-refractivity contribution is -0.0782. The molecule has 1 saturated heterocycles. The van der Waals surface area contributed by atoms with Gasteiger partial charge in [-0.2, -0.15) is 0 Å². The first kappa shape index (κ1) is 15.9. The molecule has 18 heavy (non-hydrogen) atoms. The molecule has 0 amide bonds. The first-order valence-electron chi connectivity index (χ1n) is 7.08. The van der Waals surface area contributed by atoms with Gasteiger partial charge in [0.1, 0.15) is 0 Å². The molecule has 3 heteroatoms. The predicted octanol–water partition coefficient (Wildman–Crippen LogP) is 2.84. The van der Waals surface area contributed by atoms with E-state index in [9.17, 15) is 0 Å². The fourth-order valence-electron chi connectivity index (χ4n) is 3.50. The molecule has 3 nitrogen and oxygen atoms in total. The van der Waals surface area contributed by atoms with Gasteiger partial charge in [-0.05, 0) is 53.5 Å². The molecule has 0 aromatic heterocycles. The van der Waals surface area contributed by atoms with Gasteiger partial charge in [0.05, 0.1) is 11.2 Å². The minimum absolute atomic E-state index is 0.00619. The van der Waals surface area contributed by atoms with Crippen molar-refractivity contribution in [3.05, 3.63) is 0 Å². The zero-order valence-corrected chi connectivity index (χ0v) is 13.2.